The van der Waals surface area contributed by atoms with Gasteiger partial charge >= 0.3 is 0 Å². The molecule has 0 bridgehead atoms. The maximum atomic E-state index is 12.3. The molecule has 0 aliphatic carbocycles. The maximum absolute atomic E-state index is 12.3. The molecule has 0 aliphatic heterocycles. The van der Waals surface area contributed by atoms with Gasteiger partial charge in [-0.05, 0) is 24.8 Å². The second-order valence-corrected chi connectivity index (χ2v) is 4.76. The van der Waals surface area contributed by atoms with Crippen LogP contribution in [0.15, 0.2) is 29.1 Å². The molecule has 116 valence electrons. The Kier molecular flexibility index (Phi) is 4.35. The Morgan fingerprint density at radius 1 is 1.18 bits per heavy atom. The van der Waals surface area contributed by atoms with Gasteiger partial charge in [-0.1, -0.05) is 32.0 Å². The third kappa shape index (κ3) is 2.28. The number of fused-ring (bicyclic) bond motifs is 3. The van der Waals surface area contributed by atoms with E-state index in [1.54, 1.807) is 13.0 Å². The van der Waals surface area contributed by atoms with Gasteiger partial charge in [0, 0.05) is 11.5 Å². The highest BCUT2D eigenvalue weighted by atomic mass is 16.5. The van der Waals surface area contributed by atoms with Gasteiger partial charge in [0.15, 0.2) is 0 Å². The van der Waals surface area contributed by atoms with Crippen LogP contribution in [0.1, 0.15) is 25.1 Å². The fourth-order valence-corrected chi connectivity index (χ4v) is 2.60. The van der Waals surface area contributed by atoms with Gasteiger partial charge < -0.3 is 9.94 Å². The van der Waals surface area contributed by atoms with Crippen LogP contribution >= 0.6 is 0 Å². The van der Waals surface area contributed by atoms with Gasteiger partial charge in [0.05, 0.1) is 18.2 Å². The molecule has 22 heavy (non-hydrogen) atoms. The number of nitrogens with zero attached hydrogens (tertiary/aromatic N) is 2. The zero-order chi connectivity index (χ0) is 16.4. The predicted octanol–water partition coefficient (Wildman–Crippen LogP) is 3.44. The SMILES string of the molecule is CC.COc1cc2c3cccc(C)c3c(=O)n(O)c2c(C)n1. The van der Waals surface area contributed by atoms with Gasteiger partial charge in [-0.2, -0.15) is 0 Å². The summed E-state index contributed by atoms with van der Waals surface area (Å²) >= 11 is 0. The molecule has 0 radical (unpaired) electrons. The lowest BCUT2D eigenvalue weighted by atomic mass is 10.0. The van der Waals surface area contributed by atoms with Gasteiger partial charge in [0.1, 0.15) is 5.52 Å². The quantitative estimate of drug-likeness (QED) is 0.552. The van der Waals surface area contributed by atoms with Crippen molar-refractivity contribution in [1.82, 2.24) is 9.71 Å². The zero-order valence-corrected chi connectivity index (χ0v) is 13.5. The van der Waals surface area contributed by atoms with Crippen molar-refractivity contribution < 1.29 is 9.94 Å². The molecule has 1 aromatic carbocycles. The molecule has 0 amide bonds. The summed E-state index contributed by atoms with van der Waals surface area (Å²) in [6, 6.07) is 7.34. The van der Waals surface area contributed by atoms with E-state index in [1.165, 1.54) is 7.11 Å². The Bertz CT molecular complexity index is 898. The molecule has 2 heterocycles. The Morgan fingerprint density at radius 2 is 1.86 bits per heavy atom. The Hall–Kier alpha value is -2.56. The van der Waals surface area contributed by atoms with Gasteiger partial charge in [-0.3, -0.25) is 4.79 Å². The first-order valence-corrected chi connectivity index (χ1v) is 7.23. The van der Waals surface area contributed by atoms with Crippen LogP contribution in [0.4, 0.5) is 0 Å². The number of pyridine rings is 2. The summed E-state index contributed by atoms with van der Waals surface area (Å²) in [7, 11) is 1.54. The van der Waals surface area contributed by atoms with Gasteiger partial charge in [0.25, 0.3) is 5.56 Å². The third-order valence-electron chi connectivity index (χ3n) is 3.53. The highest BCUT2D eigenvalue weighted by molar-refractivity contribution is 6.07. The van der Waals surface area contributed by atoms with E-state index in [4.69, 9.17) is 4.74 Å². The van der Waals surface area contributed by atoms with Crippen LogP contribution in [0, 0.1) is 13.8 Å². The number of hydrogen-bond acceptors (Lipinski definition) is 4. The van der Waals surface area contributed by atoms with Crippen LogP contribution < -0.4 is 10.3 Å². The number of rotatable bonds is 1. The lowest BCUT2D eigenvalue weighted by molar-refractivity contribution is 0.189. The largest absolute Gasteiger partial charge is 0.481 e. The molecule has 0 saturated heterocycles. The van der Waals surface area contributed by atoms with E-state index in [9.17, 15) is 10.0 Å². The Balaban J connectivity index is 0.000000847. The minimum Gasteiger partial charge on any atom is -0.481 e. The van der Waals surface area contributed by atoms with Crippen LogP contribution in [0.5, 0.6) is 5.88 Å². The fourth-order valence-electron chi connectivity index (χ4n) is 2.60. The molecular formula is C17H20N2O3. The van der Waals surface area contributed by atoms with Crippen LogP contribution in [-0.4, -0.2) is 22.0 Å². The second-order valence-electron chi connectivity index (χ2n) is 4.76. The third-order valence-corrected chi connectivity index (χ3v) is 3.53. The summed E-state index contributed by atoms with van der Waals surface area (Å²) in [6.07, 6.45) is 0. The van der Waals surface area contributed by atoms with Crippen molar-refractivity contribution in [3.05, 3.63) is 45.9 Å². The standard InChI is InChI=1S/C15H14N2O3.C2H6/c1-8-5-4-6-10-11-7-12(20-3)16-9(2)14(11)17(19)15(18)13(8)10;1-2/h4-7,19H,1-3H3;1-2H3. The number of aryl methyl sites for hydroxylation is 2. The van der Waals surface area contributed by atoms with E-state index in [0.29, 0.717) is 27.2 Å². The van der Waals surface area contributed by atoms with E-state index in [0.717, 1.165) is 16.3 Å². The molecule has 0 fully saturated rings. The smallest absolute Gasteiger partial charge is 0.291 e. The summed E-state index contributed by atoms with van der Waals surface area (Å²) in [5, 5.41) is 12.2. The van der Waals surface area contributed by atoms with E-state index in [2.05, 4.69) is 4.98 Å². The number of aromatic nitrogens is 2. The van der Waals surface area contributed by atoms with Crippen molar-refractivity contribution in [2.75, 3.05) is 7.11 Å². The summed E-state index contributed by atoms with van der Waals surface area (Å²) in [5.41, 5.74) is 1.35. The number of methoxy groups -OCH3 is 1. The Labute approximate surface area is 128 Å². The summed E-state index contributed by atoms with van der Waals surface area (Å²) < 4.78 is 5.85. The first-order chi connectivity index (χ1) is 10.5. The van der Waals surface area contributed by atoms with E-state index in [-0.39, 0.29) is 0 Å². The lowest BCUT2D eigenvalue weighted by Gasteiger charge is -2.12. The molecule has 3 rings (SSSR count). The molecule has 5 nitrogen and oxygen atoms in total. The lowest BCUT2D eigenvalue weighted by Crippen LogP contribution is -2.20. The van der Waals surface area contributed by atoms with Crippen LogP contribution in [0.2, 0.25) is 0 Å². The second kappa shape index (κ2) is 6.05. The molecule has 2 aromatic heterocycles. The summed E-state index contributed by atoms with van der Waals surface area (Å²) in [5.74, 6) is 0.455. The molecule has 0 atom stereocenters. The topological polar surface area (TPSA) is 64.3 Å². The normalized spacial score (nSPS) is 10.4. The zero-order valence-electron chi connectivity index (χ0n) is 13.5. The number of ether oxygens (including phenoxy) is 1. The monoisotopic (exact) mass is 300 g/mol. The van der Waals surface area contributed by atoms with E-state index >= 15 is 0 Å². The van der Waals surface area contributed by atoms with Crippen molar-refractivity contribution in [2.24, 2.45) is 0 Å². The molecule has 0 spiro atoms. The van der Waals surface area contributed by atoms with E-state index < -0.39 is 5.56 Å². The predicted molar refractivity (Wildman–Crippen MR) is 88.1 cm³/mol. The minimum absolute atomic E-state index is 0.411. The average molecular weight is 300 g/mol. The molecule has 0 saturated carbocycles. The summed E-state index contributed by atoms with van der Waals surface area (Å²) in [6.45, 7) is 7.58. The van der Waals surface area contributed by atoms with Crippen LogP contribution in [0.3, 0.4) is 0 Å². The maximum Gasteiger partial charge on any atom is 0.291 e. The molecule has 1 N–H and O–H groups in total. The van der Waals surface area contributed by atoms with Gasteiger partial charge in [0.2, 0.25) is 5.88 Å². The van der Waals surface area contributed by atoms with Crippen molar-refractivity contribution in [3.63, 3.8) is 0 Å². The van der Waals surface area contributed by atoms with Crippen molar-refractivity contribution in [2.45, 2.75) is 27.7 Å². The van der Waals surface area contributed by atoms with Gasteiger partial charge in [-0.25, -0.2) is 4.98 Å². The van der Waals surface area contributed by atoms with Crippen LogP contribution in [0.25, 0.3) is 21.7 Å². The average Bonchev–Trinajstić information content (AvgIpc) is 2.53. The summed E-state index contributed by atoms with van der Waals surface area (Å²) in [4.78, 5) is 16.5. The minimum atomic E-state index is -0.430. The van der Waals surface area contributed by atoms with Crippen LogP contribution in [-0.2, 0) is 0 Å². The van der Waals surface area contributed by atoms with Crippen molar-refractivity contribution >= 4 is 21.7 Å². The molecule has 3 aromatic rings. The van der Waals surface area contributed by atoms with Crippen molar-refractivity contribution in [1.29, 1.82) is 0 Å². The molecule has 0 unspecified atom stereocenters. The first kappa shape index (κ1) is 15.8. The van der Waals surface area contributed by atoms with E-state index in [1.807, 2.05) is 39.0 Å². The Morgan fingerprint density at radius 3 is 2.50 bits per heavy atom. The van der Waals surface area contributed by atoms with Crippen molar-refractivity contribution in [3.8, 4) is 5.88 Å². The first-order valence-electron chi connectivity index (χ1n) is 7.23. The number of benzene rings is 1. The highest BCUT2D eigenvalue weighted by Gasteiger charge is 2.15. The van der Waals surface area contributed by atoms with Gasteiger partial charge in [-0.15, -0.1) is 4.73 Å². The fraction of sp³-hybridized carbons (Fsp3) is 0.294. The molecular weight excluding hydrogens is 280 g/mol. The molecule has 5 heteroatoms. The highest BCUT2D eigenvalue weighted by Crippen LogP contribution is 2.28. The number of hydrogen-bond donors (Lipinski definition) is 1. The molecule has 0 aliphatic rings.